The Balaban J connectivity index is 1.80. The Hall–Kier alpha value is -1.33. The lowest BCUT2D eigenvalue weighted by Gasteiger charge is -2.01. The highest BCUT2D eigenvalue weighted by Crippen LogP contribution is 2.22. The van der Waals surface area contributed by atoms with Crippen molar-refractivity contribution in [2.45, 2.75) is 49.8 Å². The van der Waals surface area contributed by atoms with E-state index in [0.717, 1.165) is 30.8 Å². The number of thioether (sulfide) groups is 1. The van der Waals surface area contributed by atoms with Crippen LogP contribution >= 0.6 is 11.8 Å². The molecule has 1 atom stereocenters. The van der Waals surface area contributed by atoms with Crippen LogP contribution in [0.5, 0.6) is 0 Å². The van der Waals surface area contributed by atoms with Crippen LogP contribution in [0.15, 0.2) is 33.7 Å². The van der Waals surface area contributed by atoms with E-state index in [9.17, 15) is 0 Å². The lowest BCUT2D eigenvalue weighted by molar-refractivity contribution is 0.369. The normalized spacial score (nSPS) is 12.6. The minimum absolute atomic E-state index is 0.231. The summed E-state index contributed by atoms with van der Waals surface area (Å²) in [6, 6.07) is 8.65. The Labute approximate surface area is 124 Å². The standard InChI is InChI=1S/C15H21N3OS/c1-11-5-3-7-13(9-11)20-10-14-17-15(19-18-14)8-4-6-12(2)16/h3,5,7,9,12H,4,6,8,10,16H2,1-2H3. The van der Waals surface area contributed by atoms with Gasteiger partial charge in [0, 0.05) is 17.4 Å². The maximum Gasteiger partial charge on any atom is 0.226 e. The van der Waals surface area contributed by atoms with Gasteiger partial charge in [-0.15, -0.1) is 11.8 Å². The number of nitrogens with zero attached hydrogens (tertiary/aromatic N) is 2. The number of aromatic nitrogens is 2. The van der Waals surface area contributed by atoms with Gasteiger partial charge in [-0.25, -0.2) is 0 Å². The van der Waals surface area contributed by atoms with E-state index in [1.165, 1.54) is 10.5 Å². The van der Waals surface area contributed by atoms with Gasteiger partial charge in [0.1, 0.15) is 0 Å². The molecule has 20 heavy (non-hydrogen) atoms. The molecule has 0 spiro atoms. The largest absolute Gasteiger partial charge is 0.339 e. The molecular weight excluding hydrogens is 270 g/mol. The first-order valence-corrected chi connectivity index (χ1v) is 7.88. The van der Waals surface area contributed by atoms with Crippen molar-refractivity contribution < 1.29 is 4.52 Å². The Morgan fingerprint density at radius 2 is 2.25 bits per heavy atom. The fourth-order valence-corrected chi connectivity index (χ4v) is 2.74. The predicted octanol–water partition coefficient (Wildman–Crippen LogP) is 3.34. The molecule has 2 N–H and O–H groups in total. The quantitative estimate of drug-likeness (QED) is 0.793. The summed E-state index contributed by atoms with van der Waals surface area (Å²) in [6.07, 6.45) is 2.78. The summed E-state index contributed by atoms with van der Waals surface area (Å²) in [5.41, 5.74) is 6.98. The van der Waals surface area contributed by atoms with Crippen molar-refractivity contribution in [3.8, 4) is 0 Å². The molecule has 4 nitrogen and oxygen atoms in total. The van der Waals surface area contributed by atoms with Crippen molar-refractivity contribution in [1.82, 2.24) is 10.1 Å². The zero-order valence-electron chi connectivity index (χ0n) is 12.0. The van der Waals surface area contributed by atoms with Crippen LogP contribution in [0.25, 0.3) is 0 Å². The third-order valence-electron chi connectivity index (χ3n) is 2.92. The molecule has 0 bridgehead atoms. The first kappa shape index (κ1) is 15.1. The lowest BCUT2D eigenvalue weighted by atomic mass is 10.1. The van der Waals surface area contributed by atoms with E-state index in [1.54, 1.807) is 11.8 Å². The fraction of sp³-hybridized carbons (Fsp3) is 0.467. The third-order valence-corrected chi connectivity index (χ3v) is 3.91. The van der Waals surface area contributed by atoms with Crippen molar-refractivity contribution in [3.63, 3.8) is 0 Å². The highest BCUT2D eigenvalue weighted by molar-refractivity contribution is 7.98. The predicted molar refractivity (Wildman–Crippen MR) is 81.6 cm³/mol. The van der Waals surface area contributed by atoms with Crippen molar-refractivity contribution in [1.29, 1.82) is 0 Å². The maximum atomic E-state index is 5.72. The Morgan fingerprint density at radius 1 is 1.40 bits per heavy atom. The molecule has 1 heterocycles. The molecule has 0 fully saturated rings. The highest BCUT2D eigenvalue weighted by atomic mass is 32.2. The van der Waals surface area contributed by atoms with Crippen LogP contribution in [0.2, 0.25) is 0 Å². The van der Waals surface area contributed by atoms with E-state index in [2.05, 4.69) is 41.3 Å². The molecule has 5 heteroatoms. The van der Waals surface area contributed by atoms with Gasteiger partial charge in [-0.2, -0.15) is 4.98 Å². The van der Waals surface area contributed by atoms with E-state index in [4.69, 9.17) is 10.3 Å². The summed E-state index contributed by atoms with van der Waals surface area (Å²) >= 11 is 1.72. The molecule has 0 saturated carbocycles. The van der Waals surface area contributed by atoms with Gasteiger partial charge in [-0.3, -0.25) is 0 Å². The van der Waals surface area contributed by atoms with E-state index < -0.39 is 0 Å². The van der Waals surface area contributed by atoms with Gasteiger partial charge in [-0.05, 0) is 38.8 Å². The van der Waals surface area contributed by atoms with Crippen molar-refractivity contribution >= 4 is 11.8 Å². The summed E-state index contributed by atoms with van der Waals surface area (Å²) in [5.74, 6) is 2.21. The number of rotatable bonds is 7. The third kappa shape index (κ3) is 4.98. The number of hydrogen-bond donors (Lipinski definition) is 1. The van der Waals surface area contributed by atoms with E-state index >= 15 is 0 Å². The summed E-state index contributed by atoms with van der Waals surface area (Å²) in [5, 5.41) is 4.01. The number of benzene rings is 1. The molecule has 0 aliphatic heterocycles. The maximum absolute atomic E-state index is 5.72. The number of aryl methyl sites for hydroxylation is 2. The first-order valence-electron chi connectivity index (χ1n) is 6.90. The molecule has 0 aliphatic carbocycles. The van der Waals surface area contributed by atoms with Gasteiger partial charge in [0.05, 0.1) is 5.75 Å². The van der Waals surface area contributed by atoms with Crippen LogP contribution in [0.3, 0.4) is 0 Å². The average Bonchev–Trinajstić information content (AvgIpc) is 2.84. The minimum Gasteiger partial charge on any atom is -0.339 e. The second kappa shape index (κ2) is 7.45. The summed E-state index contributed by atoms with van der Waals surface area (Å²) < 4.78 is 5.24. The van der Waals surface area contributed by atoms with E-state index in [0.29, 0.717) is 5.89 Å². The molecule has 0 amide bonds. The second-order valence-electron chi connectivity index (χ2n) is 5.08. The van der Waals surface area contributed by atoms with Crippen LogP contribution < -0.4 is 5.73 Å². The molecule has 1 aromatic carbocycles. The van der Waals surface area contributed by atoms with Crippen LogP contribution in [0.4, 0.5) is 0 Å². The molecule has 2 aromatic rings. The van der Waals surface area contributed by atoms with Gasteiger partial charge >= 0.3 is 0 Å². The molecule has 0 saturated heterocycles. The minimum atomic E-state index is 0.231. The zero-order valence-corrected chi connectivity index (χ0v) is 12.8. The first-order chi connectivity index (χ1) is 9.63. The average molecular weight is 291 g/mol. The monoisotopic (exact) mass is 291 g/mol. The fourth-order valence-electron chi connectivity index (χ4n) is 1.88. The van der Waals surface area contributed by atoms with Crippen molar-refractivity contribution in [2.24, 2.45) is 5.73 Å². The Morgan fingerprint density at radius 3 is 3.00 bits per heavy atom. The molecular formula is C15H21N3OS. The Kier molecular flexibility index (Phi) is 5.61. The van der Waals surface area contributed by atoms with Gasteiger partial charge in [0.15, 0.2) is 5.82 Å². The van der Waals surface area contributed by atoms with Crippen LogP contribution in [0.1, 0.15) is 37.0 Å². The SMILES string of the molecule is Cc1cccc(SCc2noc(CCCC(C)N)n2)c1. The second-order valence-corrected chi connectivity index (χ2v) is 6.13. The number of hydrogen-bond acceptors (Lipinski definition) is 5. The van der Waals surface area contributed by atoms with Gasteiger partial charge in [0.2, 0.25) is 5.89 Å². The summed E-state index contributed by atoms with van der Waals surface area (Å²) in [4.78, 5) is 5.64. The molecule has 1 unspecified atom stereocenters. The van der Waals surface area contributed by atoms with Gasteiger partial charge in [0.25, 0.3) is 0 Å². The topological polar surface area (TPSA) is 64.9 Å². The van der Waals surface area contributed by atoms with Crippen LogP contribution in [-0.4, -0.2) is 16.2 Å². The molecule has 108 valence electrons. The smallest absolute Gasteiger partial charge is 0.226 e. The summed E-state index contributed by atoms with van der Waals surface area (Å²) in [7, 11) is 0. The number of nitrogens with two attached hydrogens (primary N) is 1. The van der Waals surface area contributed by atoms with Crippen molar-refractivity contribution in [2.75, 3.05) is 0 Å². The molecule has 2 rings (SSSR count). The van der Waals surface area contributed by atoms with Gasteiger partial charge in [-0.1, -0.05) is 22.9 Å². The molecule has 0 radical (unpaired) electrons. The van der Waals surface area contributed by atoms with Gasteiger partial charge < -0.3 is 10.3 Å². The van der Waals surface area contributed by atoms with Crippen LogP contribution in [-0.2, 0) is 12.2 Å². The highest BCUT2D eigenvalue weighted by Gasteiger charge is 2.07. The zero-order chi connectivity index (χ0) is 14.4. The van der Waals surface area contributed by atoms with Crippen molar-refractivity contribution in [3.05, 3.63) is 41.5 Å². The Bertz CT molecular complexity index is 539. The van der Waals surface area contributed by atoms with E-state index in [1.807, 2.05) is 6.92 Å². The lowest BCUT2D eigenvalue weighted by Crippen LogP contribution is -2.14. The molecule has 0 aliphatic rings. The van der Waals surface area contributed by atoms with Crippen LogP contribution in [0, 0.1) is 6.92 Å². The molecule has 1 aromatic heterocycles. The van der Waals surface area contributed by atoms with E-state index in [-0.39, 0.29) is 6.04 Å². The summed E-state index contributed by atoms with van der Waals surface area (Å²) in [6.45, 7) is 4.10.